The Hall–Kier alpha value is -2.57. The fourth-order valence-corrected chi connectivity index (χ4v) is 3.26. The zero-order valence-electron chi connectivity index (χ0n) is 13.3. The quantitative estimate of drug-likeness (QED) is 0.723. The van der Waals surface area contributed by atoms with Gasteiger partial charge in [-0.1, -0.05) is 0 Å². The van der Waals surface area contributed by atoms with Crippen LogP contribution < -0.4 is 4.90 Å². The first-order valence-electron chi connectivity index (χ1n) is 8.27. The lowest BCUT2D eigenvalue weighted by Crippen LogP contribution is -2.56. The maximum atomic E-state index is 14.3. The van der Waals surface area contributed by atoms with Crippen LogP contribution in [0, 0.1) is 5.82 Å². The second-order valence-corrected chi connectivity index (χ2v) is 6.88. The van der Waals surface area contributed by atoms with E-state index in [1.165, 1.54) is 40.1 Å². The third-order valence-corrected chi connectivity index (χ3v) is 4.81. The van der Waals surface area contributed by atoms with E-state index in [-0.39, 0.29) is 18.8 Å². The molecule has 0 bridgehead atoms. The van der Waals surface area contributed by atoms with Crippen LogP contribution in [0.5, 0.6) is 0 Å². The van der Waals surface area contributed by atoms with E-state index in [9.17, 15) is 13.2 Å². The number of anilines is 1. The average Bonchev–Trinajstić information content (AvgIpc) is 3.32. The minimum absolute atomic E-state index is 0.235. The standard InChI is InChI=1S/C18H15F3N4/c19-15-4-3-14(24-9-18(20,21)10-24)6-16(15)25-8-13-5-12(11-1-2-11)7-22-17(13)23-25/h3-8,11H,1-2,9-10H2. The van der Waals surface area contributed by atoms with Crippen molar-refractivity contribution in [1.82, 2.24) is 14.8 Å². The van der Waals surface area contributed by atoms with Gasteiger partial charge in [0, 0.05) is 23.5 Å². The zero-order chi connectivity index (χ0) is 17.2. The summed E-state index contributed by atoms with van der Waals surface area (Å²) in [5.41, 5.74) is 2.53. The smallest absolute Gasteiger partial charge is 0.282 e. The highest BCUT2D eigenvalue weighted by Gasteiger charge is 2.44. The number of hydrogen-bond acceptors (Lipinski definition) is 3. The molecule has 3 heterocycles. The largest absolute Gasteiger partial charge is 0.359 e. The van der Waals surface area contributed by atoms with Gasteiger partial charge < -0.3 is 4.90 Å². The fraction of sp³-hybridized carbons (Fsp3) is 0.333. The second-order valence-electron chi connectivity index (χ2n) is 6.88. The summed E-state index contributed by atoms with van der Waals surface area (Å²) in [4.78, 5) is 5.88. The van der Waals surface area contributed by atoms with Crippen LogP contribution in [0.15, 0.2) is 36.7 Å². The lowest BCUT2D eigenvalue weighted by molar-refractivity contribution is -0.0262. The Morgan fingerprint density at radius 3 is 2.64 bits per heavy atom. The molecule has 2 aliphatic rings. The molecule has 1 aromatic carbocycles. The molecule has 1 aliphatic heterocycles. The lowest BCUT2D eigenvalue weighted by Gasteiger charge is -2.40. The van der Waals surface area contributed by atoms with E-state index in [1.54, 1.807) is 12.3 Å². The molecule has 1 aliphatic carbocycles. The monoisotopic (exact) mass is 344 g/mol. The van der Waals surface area contributed by atoms with Crippen molar-refractivity contribution in [3.05, 3.63) is 48.0 Å². The van der Waals surface area contributed by atoms with Crippen molar-refractivity contribution in [2.45, 2.75) is 24.7 Å². The predicted molar refractivity (Wildman–Crippen MR) is 88.0 cm³/mol. The predicted octanol–water partition coefficient (Wildman–Crippen LogP) is 3.89. The Balaban J connectivity index is 1.52. The number of nitrogens with zero attached hydrogens (tertiary/aromatic N) is 4. The molecule has 25 heavy (non-hydrogen) atoms. The zero-order valence-corrected chi connectivity index (χ0v) is 13.3. The summed E-state index contributed by atoms with van der Waals surface area (Å²) in [7, 11) is 0. The Kier molecular flexibility index (Phi) is 2.93. The van der Waals surface area contributed by atoms with Gasteiger partial charge in [-0.3, -0.25) is 0 Å². The normalized spacial score (nSPS) is 19.2. The van der Waals surface area contributed by atoms with Crippen molar-refractivity contribution < 1.29 is 13.2 Å². The van der Waals surface area contributed by atoms with Crippen molar-refractivity contribution in [3.8, 4) is 5.69 Å². The molecule has 7 heteroatoms. The van der Waals surface area contributed by atoms with Crippen LogP contribution in [0.3, 0.4) is 0 Å². The van der Waals surface area contributed by atoms with Crippen molar-refractivity contribution in [3.63, 3.8) is 0 Å². The van der Waals surface area contributed by atoms with Crippen molar-refractivity contribution in [2.24, 2.45) is 0 Å². The molecule has 1 saturated carbocycles. The number of benzene rings is 1. The van der Waals surface area contributed by atoms with Gasteiger partial charge in [-0.2, -0.15) is 0 Å². The van der Waals surface area contributed by atoms with Crippen LogP contribution in [0.1, 0.15) is 24.3 Å². The Bertz CT molecular complexity index is 970. The van der Waals surface area contributed by atoms with Crippen LogP contribution in [0.2, 0.25) is 0 Å². The van der Waals surface area contributed by atoms with E-state index in [4.69, 9.17) is 0 Å². The number of halogens is 3. The average molecular weight is 344 g/mol. The number of alkyl halides is 2. The fourth-order valence-electron chi connectivity index (χ4n) is 3.26. The third kappa shape index (κ3) is 2.54. The van der Waals surface area contributed by atoms with Gasteiger partial charge >= 0.3 is 0 Å². The first kappa shape index (κ1) is 14.7. The van der Waals surface area contributed by atoms with Crippen LogP contribution in [-0.4, -0.2) is 33.8 Å². The first-order chi connectivity index (χ1) is 12.0. The highest BCUT2D eigenvalue weighted by atomic mass is 19.3. The highest BCUT2D eigenvalue weighted by molar-refractivity contribution is 5.75. The van der Waals surface area contributed by atoms with E-state index in [1.807, 2.05) is 12.3 Å². The van der Waals surface area contributed by atoms with E-state index in [0.717, 1.165) is 5.39 Å². The summed E-state index contributed by atoms with van der Waals surface area (Å²) in [5.74, 6) is -2.54. The molecule has 5 rings (SSSR count). The molecule has 0 amide bonds. The van der Waals surface area contributed by atoms with Gasteiger partial charge in [-0.15, -0.1) is 5.10 Å². The van der Waals surface area contributed by atoms with Gasteiger partial charge in [0.2, 0.25) is 0 Å². The van der Waals surface area contributed by atoms with E-state index >= 15 is 0 Å². The van der Waals surface area contributed by atoms with Crippen LogP contribution in [0.25, 0.3) is 16.7 Å². The number of pyridine rings is 1. The number of fused-ring (bicyclic) bond motifs is 1. The molecule has 2 aromatic heterocycles. The Labute approximate surface area is 141 Å². The number of hydrogen-bond donors (Lipinski definition) is 0. The van der Waals surface area contributed by atoms with Crippen LogP contribution in [-0.2, 0) is 0 Å². The topological polar surface area (TPSA) is 34.0 Å². The molecule has 4 nitrogen and oxygen atoms in total. The van der Waals surface area contributed by atoms with E-state index in [0.29, 0.717) is 17.3 Å². The minimum atomic E-state index is -2.67. The van der Waals surface area contributed by atoms with Gasteiger partial charge in [0.15, 0.2) is 5.65 Å². The summed E-state index contributed by atoms with van der Waals surface area (Å²) in [6, 6.07) is 6.40. The third-order valence-electron chi connectivity index (χ3n) is 4.81. The maximum absolute atomic E-state index is 14.3. The van der Waals surface area contributed by atoms with Gasteiger partial charge in [0.05, 0.1) is 13.1 Å². The van der Waals surface area contributed by atoms with Gasteiger partial charge in [0.25, 0.3) is 5.92 Å². The molecule has 3 aromatic rings. The van der Waals surface area contributed by atoms with Crippen molar-refractivity contribution in [1.29, 1.82) is 0 Å². The lowest BCUT2D eigenvalue weighted by atomic mass is 10.1. The van der Waals surface area contributed by atoms with Crippen molar-refractivity contribution in [2.75, 3.05) is 18.0 Å². The summed E-state index contributed by atoms with van der Waals surface area (Å²) < 4.78 is 41.9. The van der Waals surface area contributed by atoms with Crippen LogP contribution in [0.4, 0.5) is 18.9 Å². The molecule has 0 unspecified atom stereocenters. The van der Waals surface area contributed by atoms with E-state index < -0.39 is 11.7 Å². The summed E-state index contributed by atoms with van der Waals surface area (Å²) >= 11 is 0. The molecule has 128 valence electrons. The summed E-state index contributed by atoms with van der Waals surface area (Å²) in [6.45, 7) is -0.684. The van der Waals surface area contributed by atoms with Crippen LogP contribution >= 0.6 is 0 Å². The second kappa shape index (κ2) is 4.97. The summed E-state index contributed by atoms with van der Waals surface area (Å²) in [6.07, 6.45) is 5.92. The molecule has 2 fully saturated rings. The Morgan fingerprint density at radius 2 is 1.92 bits per heavy atom. The maximum Gasteiger partial charge on any atom is 0.282 e. The Morgan fingerprint density at radius 1 is 1.12 bits per heavy atom. The summed E-state index contributed by atoms with van der Waals surface area (Å²) in [5, 5.41) is 5.19. The highest BCUT2D eigenvalue weighted by Crippen LogP contribution is 2.40. The molecular formula is C18H15F3N4. The van der Waals surface area contributed by atoms with Gasteiger partial charge in [-0.25, -0.2) is 22.8 Å². The van der Waals surface area contributed by atoms with E-state index in [2.05, 4.69) is 10.1 Å². The minimum Gasteiger partial charge on any atom is -0.359 e. The number of aromatic nitrogens is 3. The van der Waals surface area contributed by atoms with Gasteiger partial charge in [0.1, 0.15) is 11.5 Å². The molecule has 0 radical (unpaired) electrons. The number of rotatable bonds is 3. The first-order valence-corrected chi connectivity index (χ1v) is 8.27. The SMILES string of the molecule is Fc1ccc(N2CC(F)(F)C2)cc1-n1cc2cc(C3CC3)cnc2n1. The molecule has 1 saturated heterocycles. The molecule has 0 atom stereocenters. The van der Waals surface area contributed by atoms with Crippen molar-refractivity contribution >= 4 is 16.7 Å². The molecular weight excluding hydrogens is 329 g/mol. The van der Waals surface area contributed by atoms with Gasteiger partial charge in [-0.05, 0) is 48.6 Å². The molecule has 0 spiro atoms. The molecule has 0 N–H and O–H groups in total.